The molecule has 7 heteroatoms. The first-order chi connectivity index (χ1) is 7.80. The van der Waals surface area contributed by atoms with Gasteiger partial charge in [-0.25, -0.2) is 17.2 Å². The van der Waals surface area contributed by atoms with E-state index < -0.39 is 26.6 Å². The van der Waals surface area contributed by atoms with Gasteiger partial charge in [0, 0.05) is 17.6 Å². The van der Waals surface area contributed by atoms with E-state index in [9.17, 15) is 17.2 Å². The third-order valence-electron chi connectivity index (χ3n) is 1.95. The second-order valence-electron chi connectivity index (χ2n) is 3.16. The van der Waals surface area contributed by atoms with Crippen LogP contribution in [-0.4, -0.2) is 26.3 Å². The van der Waals surface area contributed by atoms with Crippen molar-refractivity contribution in [2.75, 3.05) is 13.6 Å². The summed E-state index contributed by atoms with van der Waals surface area (Å²) in [5.41, 5.74) is 0. The van der Waals surface area contributed by atoms with E-state index in [1.165, 1.54) is 7.05 Å². The monoisotopic (exact) mass is 323 g/mol. The largest absolute Gasteiger partial charge is 0.247 e. The van der Waals surface area contributed by atoms with Gasteiger partial charge in [0.05, 0.1) is 6.54 Å². The molecule has 0 unspecified atom stereocenters. The molecule has 0 fully saturated rings. The Morgan fingerprint density at radius 1 is 1.47 bits per heavy atom. The number of halogens is 3. The summed E-state index contributed by atoms with van der Waals surface area (Å²) in [5, 5.41) is 0. The van der Waals surface area contributed by atoms with E-state index in [1.54, 1.807) is 0 Å². The number of hydrogen-bond acceptors (Lipinski definition) is 2. The number of hydrogen-bond donors (Lipinski definition) is 0. The van der Waals surface area contributed by atoms with E-state index in [-0.39, 0.29) is 11.0 Å². The number of sulfonamides is 1. The number of nitrogens with zero attached hydrogens (tertiary/aromatic N) is 1. The van der Waals surface area contributed by atoms with Crippen LogP contribution in [0.2, 0.25) is 0 Å². The van der Waals surface area contributed by atoms with Crippen molar-refractivity contribution >= 4 is 26.0 Å². The molecule has 0 amide bonds. The summed E-state index contributed by atoms with van der Waals surface area (Å²) in [4.78, 5) is -0.628. The minimum atomic E-state index is -4.08. The van der Waals surface area contributed by atoms with E-state index in [2.05, 4.69) is 21.9 Å². The van der Waals surface area contributed by atoms with Crippen molar-refractivity contribution in [2.45, 2.75) is 4.90 Å². The quantitative estimate of drug-likeness (QED) is 0.798. The van der Waals surface area contributed by atoms with Gasteiger partial charge in [0.2, 0.25) is 10.0 Å². The molecule has 0 aliphatic carbocycles. The van der Waals surface area contributed by atoms with Crippen LogP contribution in [0, 0.1) is 24.0 Å². The van der Waals surface area contributed by atoms with Crippen molar-refractivity contribution in [2.24, 2.45) is 0 Å². The standard InChI is InChI=1S/C10H8BrF2NO2S/c1-3-4-14(2)17(15,16)10-8(11)5-7(12)6-9(10)13/h1,5-6H,4H2,2H3. The van der Waals surface area contributed by atoms with Crippen molar-refractivity contribution in [3.63, 3.8) is 0 Å². The van der Waals surface area contributed by atoms with Gasteiger partial charge < -0.3 is 0 Å². The Hall–Kier alpha value is -0.970. The van der Waals surface area contributed by atoms with Gasteiger partial charge in [-0.2, -0.15) is 4.31 Å². The molecule has 0 spiro atoms. The van der Waals surface area contributed by atoms with Crippen LogP contribution in [0.25, 0.3) is 0 Å². The molecular weight excluding hydrogens is 316 g/mol. The van der Waals surface area contributed by atoms with Gasteiger partial charge in [0.25, 0.3) is 0 Å². The predicted molar refractivity (Wildman–Crippen MR) is 62.7 cm³/mol. The normalized spacial score (nSPS) is 11.5. The van der Waals surface area contributed by atoms with E-state index in [0.29, 0.717) is 6.07 Å². The van der Waals surface area contributed by atoms with Gasteiger partial charge >= 0.3 is 0 Å². The minimum absolute atomic E-state index is 0.182. The van der Waals surface area contributed by atoms with Crippen LogP contribution in [0.1, 0.15) is 0 Å². The predicted octanol–water partition coefficient (Wildman–Crippen LogP) is 1.98. The zero-order chi connectivity index (χ0) is 13.2. The highest BCUT2D eigenvalue weighted by Crippen LogP contribution is 2.28. The number of benzene rings is 1. The van der Waals surface area contributed by atoms with Gasteiger partial charge in [0.15, 0.2) is 0 Å². The Kier molecular flexibility index (Phi) is 4.25. The molecule has 0 N–H and O–H groups in total. The molecule has 0 aromatic heterocycles. The molecule has 3 nitrogen and oxygen atoms in total. The third-order valence-corrected chi connectivity index (χ3v) is 4.71. The molecule has 92 valence electrons. The molecule has 0 saturated heterocycles. The van der Waals surface area contributed by atoms with Crippen LogP contribution in [0.4, 0.5) is 8.78 Å². The average Bonchev–Trinajstić information content (AvgIpc) is 2.15. The van der Waals surface area contributed by atoms with Crippen molar-refractivity contribution in [1.82, 2.24) is 4.31 Å². The lowest BCUT2D eigenvalue weighted by Crippen LogP contribution is -2.28. The van der Waals surface area contributed by atoms with E-state index >= 15 is 0 Å². The molecule has 0 aliphatic rings. The first-order valence-corrected chi connectivity index (χ1v) is 6.58. The summed E-state index contributed by atoms with van der Waals surface area (Å²) in [6.45, 7) is -0.203. The molecule has 1 aromatic rings. The zero-order valence-electron chi connectivity index (χ0n) is 8.75. The molecule has 17 heavy (non-hydrogen) atoms. The molecule has 0 radical (unpaired) electrons. The Balaban J connectivity index is 3.40. The summed E-state index contributed by atoms with van der Waals surface area (Å²) >= 11 is 2.82. The van der Waals surface area contributed by atoms with Crippen LogP contribution in [0.3, 0.4) is 0 Å². The average molecular weight is 324 g/mol. The van der Waals surface area contributed by atoms with Gasteiger partial charge in [0.1, 0.15) is 16.5 Å². The summed E-state index contributed by atoms with van der Waals surface area (Å²) in [6, 6.07) is 1.38. The van der Waals surface area contributed by atoms with Gasteiger partial charge in [-0.05, 0) is 22.0 Å². The Labute approximate surface area is 107 Å². The number of terminal acetylenes is 1. The Morgan fingerprint density at radius 2 is 2.06 bits per heavy atom. The van der Waals surface area contributed by atoms with Crippen LogP contribution in [-0.2, 0) is 10.0 Å². The first kappa shape index (κ1) is 14.1. The Bertz CT molecular complexity index is 557. The molecule has 0 saturated carbocycles. The second-order valence-corrected chi connectivity index (χ2v) is 6.00. The van der Waals surface area contributed by atoms with Gasteiger partial charge in [-0.15, -0.1) is 6.42 Å². The SMILES string of the molecule is C#CCN(C)S(=O)(=O)c1c(F)cc(F)cc1Br. The molecule has 1 rings (SSSR count). The third kappa shape index (κ3) is 2.83. The van der Waals surface area contributed by atoms with Crippen LogP contribution >= 0.6 is 15.9 Å². The number of rotatable bonds is 3. The molecule has 0 atom stereocenters. The summed E-state index contributed by atoms with van der Waals surface area (Å²) < 4.78 is 50.8. The van der Waals surface area contributed by atoms with E-state index in [0.717, 1.165) is 10.4 Å². The maximum absolute atomic E-state index is 13.5. The second kappa shape index (κ2) is 5.12. The zero-order valence-corrected chi connectivity index (χ0v) is 11.1. The molecule has 0 bridgehead atoms. The highest BCUT2D eigenvalue weighted by molar-refractivity contribution is 9.10. The van der Waals surface area contributed by atoms with Crippen molar-refractivity contribution in [3.8, 4) is 12.3 Å². The molecule has 1 aromatic carbocycles. The fraction of sp³-hybridized carbons (Fsp3) is 0.200. The van der Waals surface area contributed by atoms with Gasteiger partial charge in [-0.3, -0.25) is 0 Å². The summed E-state index contributed by atoms with van der Waals surface area (Å²) in [7, 11) is -2.86. The van der Waals surface area contributed by atoms with Crippen LogP contribution < -0.4 is 0 Å². The fourth-order valence-electron chi connectivity index (χ4n) is 1.14. The highest BCUT2D eigenvalue weighted by Gasteiger charge is 2.27. The highest BCUT2D eigenvalue weighted by atomic mass is 79.9. The Morgan fingerprint density at radius 3 is 2.53 bits per heavy atom. The maximum Gasteiger partial charge on any atom is 0.247 e. The molecule has 0 aliphatic heterocycles. The maximum atomic E-state index is 13.5. The van der Waals surface area contributed by atoms with E-state index in [4.69, 9.17) is 6.42 Å². The minimum Gasteiger partial charge on any atom is -0.207 e. The topological polar surface area (TPSA) is 37.4 Å². The summed E-state index contributed by atoms with van der Waals surface area (Å²) in [6.07, 6.45) is 4.98. The first-order valence-electron chi connectivity index (χ1n) is 4.35. The van der Waals surface area contributed by atoms with Crippen LogP contribution in [0.5, 0.6) is 0 Å². The molecular formula is C10H8BrF2NO2S. The van der Waals surface area contributed by atoms with E-state index in [1.807, 2.05) is 0 Å². The summed E-state index contributed by atoms with van der Waals surface area (Å²) in [5.74, 6) is 0.0949. The van der Waals surface area contributed by atoms with Crippen LogP contribution in [0.15, 0.2) is 21.5 Å². The van der Waals surface area contributed by atoms with Crippen molar-refractivity contribution in [1.29, 1.82) is 0 Å². The smallest absolute Gasteiger partial charge is 0.207 e. The molecule has 0 heterocycles. The van der Waals surface area contributed by atoms with Crippen molar-refractivity contribution < 1.29 is 17.2 Å². The van der Waals surface area contributed by atoms with Crippen molar-refractivity contribution in [3.05, 3.63) is 28.2 Å². The lowest BCUT2D eigenvalue weighted by atomic mass is 10.3. The lowest BCUT2D eigenvalue weighted by Gasteiger charge is -2.15. The van der Waals surface area contributed by atoms with Gasteiger partial charge in [-0.1, -0.05) is 5.92 Å². The fourth-order valence-corrected chi connectivity index (χ4v) is 3.33. The lowest BCUT2D eigenvalue weighted by molar-refractivity contribution is 0.488.